The van der Waals surface area contributed by atoms with Crippen LogP contribution in [0.5, 0.6) is 23.0 Å². The van der Waals surface area contributed by atoms with Crippen molar-refractivity contribution in [1.29, 1.82) is 0 Å². The van der Waals surface area contributed by atoms with E-state index in [0.29, 0.717) is 24.3 Å². The van der Waals surface area contributed by atoms with Crippen LogP contribution in [0.3, 0.4) is 0 Å². The first-order valence-electron chi connectivity index (χ1n) is 7.98. The summed E-state index contributed by atoms with van der Waals surface area (Å²) in [6.45, 7) is 0. The van der Waals surface area contributed by atoms with Gasteiger partial charge in [-0.05, 0) is 42.7 Å². The molecule has 0 amide bonds. The van der Waals surface area contributed by atoms with Crippen molar-refractivity contribution in [3.63, 3.8) is 0 Å². The van der Waals surface area contributed by atoms with Crippen molar-refractivity contribution < 1.29 is 24.1 Å². The minimum atomic E-state index is -0.471. The van der Waals surface area contributed by atoms with Crippen molar-refractivity contribution in [2.75, 3.05) is 14.2 Å². The Morgan fingerprint density at radius 1 is 1.08 bits per heavy atom. The molecule has 0 aromatic heterocycles. The largest absolute Gasteiger partial charge is 0.504 e. The summed E-state index contributed by atoms with van der Waals surface area (Å²) in [4.78, 5) is 11.9. The van der Waals surface area contributed by atoms with Gasteiger partial charge in [-0.2, -0.15) is 0 Å². The highest BCUT2D eigenvalue weighted by atomic mass is 16.5. The second-order valence-corrected chi connectivity index (χ2v) is 5.63. The summed E-state index contributed by atoms with van der Waals surface area (Å²) in [6, 6.07) is 11.7. The minimum Gasteiger partial charge on any atom is -0.504 e. The van der Waals surface area contributed by atoms with Crippen molar-refractivity contribution in [2.24, 2.45) is 5.73 Å². The van der Waals surface area contributed by atoms with Gasteiger partial charge in [-0.1, -0.05) is 18.2 Å². The third-order valence-electron chi connectivity index (χ3n) is 3.77. The van der Waals surface area contributed by atoms with Crippen LogP contribution in [0, 0.1) is 0 Å². The maximum atomic E-state index is 11.9. The van der Waals surface area contributed by atoms with Crippen LogP contribution in [0.4, 0.5) is 0 Å². The number of aromatic hydroxyl groups is 1. The molecule has 2 aromatic rings. The van der Waals surface area contributed by atoms with Crippen LogP contribution in [0.15, 0.2) is 42.5 Å². The van der Waals surface area contributed by atoms with Gasteiger partial charge in [0.1, 0.15) is 0 Å². The molecule has 0 aliphatic carbocycles. The summed E-state index contributed by atoms with van der Waals surface area (Å²) in [7, 11) is 3.17. The number of hydrogen-bond donors (Lipinski definition) is 2. The van der Waals surface area contributed by atoms with Gasteiger partial charge in [0.25, 0.3) is 0 Å². The average Bonchev–Trinajstić information content (AvgIpc) is 2.61. The van der Waals surface area contributed by atoms with Crippen molar-refractivity contribution in [3.05, 3.63) is 48.0 Å². The monoisotopic (exact) mass is 345 g/mol. The van der Waals surface area contributed by atoms with E-state index in [1.807, 2.05) is 18.2 Å². The van der Waals surface area contributed by atoms with Gasteiger partial charge < -0.3 is 25.1 Å². The van der Waals surface area contributed by atoms with Gasteiger partial charge in [-0.25, -0.2) is 0 Å². The van der Waals surface area contributed by atoms with Gasteiger partial charge in [0.2, 0.25) is 0 Å². The van der Waals surface area contributed by atoms with Gasteiger partial charge >= 0.3 is 5.97 Å². The normalized spacial score (nSPS) is 11.6. The topological polar surface area (TPSA) is 91.0 Å². The Morgan fingerprint density at radius 2 is 1.80 bits per heavy atom. The van der Waals surface area contributed by atoms with E-state index in [9.17, 15) is 9.90 Å². The van der Waals surface area contributed by atoms with Crippen molar-refractivity contribution in [3.8, 4) is 23.0 Å². The molecule has 0 saturated heterocycles. The molecule has 2 rings (SSSR count). The lowest BCUT2D eigenvalue weighted by Crippen LogP contribution is -2.26. The van der Waals surface area contributed by atoms with E-state index in [-0.39, 0.29) is 24.0 Å². The molecule has 1 unspecified atom stereocenters. The van der Waals surface area contributed by atoms with E-state index in [2.05, 4.69) is 0 Å². The molecule has 0 fully saturated rings. The standard InChI is InChI=1S/C19H23NO5/c1-23-17-10-8-13(11-18(17)24-2)7-9-14(20)12-19(22)25-16-6-4-3-5-15(16)21/h3-6,8,10-11,14,21H,7,9,12,20H2,1-2H3. The molecular formula is C19H23NO5. The number of methoxy groups -OCH3 is 2. The molecule has 6 nitrogen and oxygen atoms in total. The highest BCUT2D eigenvalue weighted by Gasteiger charge is 2.14. The predicted molar refractivity (Wildman–Crippen MR) is 94.2 cm³/mol. The van der Waals surface area contributed by atoms with E-state index < -0.39 is 5.97 Å². The number of rotatable bonds is 8. The molecule has 2 aromatic carbocycles. The molecule has 0 aliphatic rings. The summed E-state index contributed by atoms with van der Waals surface area (Å²) >= 11 is 0. The van der Waals surface area contributed by atoms with Gasteiger partial charge in [0, 0.05) is 6.04 Å². The van der Waals surface area contributed by atoms with Crippen LogP contribution in [-0.4, -0.2) is 31.3 Å². The molecule has 0 radical (unpaired) electrons. The zero-order valence-corrected chi connectivity index (χ0v) is 14.4. The van der Waals surface area contributed by atoms with Crippen LogP contribution < -0.4 is 19.9 Å². The van der Waals surface area contributed by atoms with Crippen molar-refractivity contribution >= 4 is 5.97 Å². The summed E-state index contributed by atoms with van der Waals surface area (Å²) in [6.07, 6.45) is 1.39. The number of ether oxygens (including phenoxy) is 3. The molecular weight excluding hydrogens is 322 g/mol. The third kappa shape index (κ3) is 5.39. The van der Waals surface area contributed by atoms with Crippen LogP contribution in [0.2, 0.25) is 0 Å². The number of hydrogen-bond acceptors (Lipinski definition) is 6. The number of para-hydroxylation sites is 2. The minimum absolute atomic E-state index is 0.0711. The molecule has 1 atom stereocenters. The fourth-order valence-electron chi connectivity index (χ4n) is 2.41. The van der Waals surface area contributed by atoms with E-state index in [1.54, 1.807) is 26.4 Å². The van der Waals surface area contributed by atoms with E-state index in [4.69, 9.17) is 19.9 Å². The van der Waals surface area contributed by atoms with Gasteiger partial charge in [-0.3, -0.25) is 4.79 Å². The lowest BCUT2D eigenvalue weighted by molar-refractivity contribution is -0.134. The van der Waals surface area contributed by atoms with Gasteiger partial charge in [0.15, 0.2) is 23.0 Å². The highest BCUT2D eigenvalue weighted by molar-refractivity contribution is 5.73. The molecule has 0 heterocycles. The predicted octanol–water partition coefficient (Wildman–Crippen LogP) is 2.67. The molecule has 0 spiro atoms. The van der Waals surface area contributed by atoms with E-state index in [1.165, 1.54) is 12.1 Å². The second kappa shape index (κ2) is 8.94. The van der Waals surface area contributed by atoms with Crippen LogP contribution in [0.1, 0.15) is 18.4 Å². The van der Waals surface area contributed by atoms with Crippen molar-refractivity contribution in [2.45, 2.75) is 25.3 Å². The summed E-state index contributed by atoms with van der Waals surface area (Å²) in [5.74, 6) is 0.921. The maximum Gasteiger partial charge on any atom is 0.312 e. The van der Waals surface area contributed by atoms with E-state index >= 15 is 0 Å². The quantitative estimate of drug-likeness (QED) is 0.565. The number of phenolic OH excluding ortho intramolecular Hbond substituents is 1. The Bertz CT molecular complexity index is 717. The molecule has 0 aliphatic heterocycles. The lowest BCUT2D eigenvalue weighted by atomic mass is 10.0. The van der Waals surface area contributed by atoms with Crippen LogP contribution in [-0.2, 0) is 11.2 Å². The van der Waals surface area contributed by atoms with Gasteiger partial charge in [0.05, 0.1) is 20.6 Å². The fourth-order valence-corrected chi connectivity index (χ4v) is 2.41. The number of nitrogens with two attached hydrogens (primary N) is 1. The first-order valence-corrected chi connectivity index (χ1v) is 7.98. The Kier molecular flexibility index (Phi) is 6.65. The Morgan fingerprint density at radius 3 is 2.48 bits per heavy atom. The number of phenols is 1. The summed E-state index contributed by atoms with van der Waals surface area (Å²) in [5, 5.41) is 9.61. The van der Waals surface area contributed by atoms with E-state index in [0.717, 1.165) is 5.56 Å². The van der Waals surface area contributed by atoms with Gasteiger partial charge in [-0.15, -0.1) is 0 Å². The lowest BCUT2D eigenvalue weighted by Gasteiger charge is -2.13. The number of aryl methyl sites for hydroxylation is 1. The molecule has 25 heavy (non-hydrogen) atoms. The second-order valence-electron chi connectivity index (χ2n) is 5.63. The Labute approximate surface area is 147 Å². The average molecular weight is 345 g/mol. The smallest absolute Gasteiger partial charge is 0.312 e. The fraction of sp³-hybridized carbons (Fsp3) is 0.316. The first-order chi connectivity index (χ1) is 12.0. The SMILES string of the molecule is COc1ccc(CCC(N)CC(=O)Oc2ccccc2O)cc1OC. The Hall–Kier alpha value is -2.73. The third-order valence-corrected chi connectivity index (χ3v) is 3.77. The summed E-state index contributed by atoms with van der Waals surface area (Å²) in [5.41, 5.74) is 7.07. The molecule has 0 bridgehead atoms. The molecule has 3 N–H and O–H groups in total. The zero-order chi connectivity index (χ0) is 18.2. The van der Waals surface area contributed by atoms with Crippen LogP contribution >= 0.6 is 0 Å². The van der Waals surface area contributed by atoms with Crippen LogP contribution in [0.25, 0.3) is 0 Å². The molecule has 0 saturated carbocycles. The maximum absolute atomic E-state index is 11.9. The first kappa shape index (κ1) is 18.6. The highest BCUT2D eigenvalue weighted by Crippen LogP contribution is 2.28. The number of benzene rings is 2. The number of carbonyl (C=O) groups is 1. The summed E-state index contributed by atoms with van der Waals surface area (Å²) < 4.78 is 15.6. The number of esters is 1. The van der Waals surface area contributed by atoms with Crippen molar-refractivity contribution in [1.82, 2.24) is 0 Å². The molecule has 134 valence electrons. The number of carbonyl (C=O) groups excluding carboxylic acids is 1. The Balaban J connectivity index is 1.85. The zero-order valence-electron chi connectivity index (χ0n) is 14.4. The molecule has 6 heteroatoms.